The van der Waals surface area contributed by atoms with Crippen LogP contribution in [-0.2, 0) is 19.4 Å². The van der Waals surface area contributed by atoms with Gasteiger partial charge in [0.1, 0.15) is 5.69 Å². The number of amides is 1. The summed E-state index contributed by atoms with van der Waals surface area (Å²) in [6, 6.07) is 20.9. The molecule has 5 rings (SSSR count). The second-order valence-electron chi connectivity index (χ2n) is 7.53. The van der Waals surface area contributed by atoms with Crippen LogP contribution in [-0.4, -0.2) is 38.7 Å². The Balaban J connectivity index is 1.31. The average molecular weight is 370 g/mol. The maximum atomic E-state index is 12.9. The maximum absolute atomic E-state index is 12.9. The average Bonchev–Trinajstić information content (AvgIpc) is 3.45. The molecule has 0 unspecified atom stereocenters. The summed E-state index contributed by atoms with van der Waals surface area (Å²) in [6.07, 6.45) is 3.88. The first-order valence-electron chi connectivity index (χ1n) is 9.61. The molecule has 28 heavy (non-hydrogen) atoms. The van der Waals surface area contributed by atoms with Gasteiger partial charge in [-0.05, 0) is 47.6 Å². The molecule has 2 aromatic heterocycles. The number of H-pyrrole nitrogens is 1. The zero-order valence-corrected chi connectivity index (χ0v) is 15.8. The van der Waals surface area contributed by atoms with Crippen molar-refractivity contribution in [3.8, 4) is 0 Å². The third kappa shape index (κ3) is 2.89. The van der Waals surface area contributed by atoms with Crippen molar-refractivity contribution >= 4 is 16.8 Å². The van der Waals surface area contributed by atoms with Gasteiger partial charge in [0.25, 0.3) is 5.91 Å². The number of para-hydroxylation sites is 1. The molecule has 0 radical (unpaired) electrons. The lowest BCUT2D eigenvalue weighted by Crippen LogP contribution is -2.37. The predicted molar refractivity (Wildman–Crippen MR) is 109 cm³/mol. The maximum Gasteiger partial charge on any atom is 0.274 e. The van der Waals surface area contributed by atoms with Gasteiger partial charge in [0.2, 0.25) is 0 Å². The summed E-state index contributed by atoms with van der Waals surface area (Å²) in [5.41, 5.74) is 5.26. The van der Waals surface area contributed by atoms with E-state index in [0.29, 0.717) is 12.2 Å². The lowest BCUT2D eigenvalue weighted by molar-refractivity contribution is 0.0731. The minimum absolute atomic E-state index is 0.0299. The molecule has 0 bridgehead atoms. The van der Waals surface area contributed by atoms with Gasteiger partial charge in [-0.15, -0.1) is 0 Å². The Bertz CT molecular complexity index is 1130. The van der Waals surface area contributed by atoms with Crippen molar-refractivity contribution in [2.24, 2.45) is 0 Å². The highest BCUT2D eigenvalue weighted by Gasteiger charge is 2.28. The fourth-order valence-corrected chi connectivity index (χ4v) is 4.17. The molecule has 0 aliphatic heterocycles. The van der Waals surface area contributed by atoms with Gasteiger partial charge in [-0.3, -0.25) is 9.89 Å². The highest BCUT2D eigenvalue weighted by atomic mass is 16.2. The molecule has 5 heteroatoms. The summed E-state index contributed by atoms with van der Waals surface area (Å²) >= 11 is 0. The Morgan fingerprint density at radius 2 is 1.82 bits per heavy atom. The van der Waals surface area contributed by atoms with Crippen LogP contribution in [0.4, 0.5) is 0 Å². The smallest absolute Gasteiger partial charge is 0.274 e. The van der Waals surface area contributed by atoms with Gasteiger partial charge in [-0.2, -0.15) is 5.10 Å². The van der Waals surface area contributed by atoms with Crippen LogP contribution < -0.4 is 0 Å². The van der Waals surface area contributed by atoms with Gasteiger partial charge < -0.3 is 9.47 Å². The van der Waals surface area contributed by atoms with Crippen LogP contribution in [0.25, 0.3) is 10.9 Å². The molecular formula is C23H22N4O. The molecule has 0 saturated carbocycles. The van der Waals surface area contributed by atoms with Gasteiger partial charge in [0.05, 0.1) is 12.2 Å². The SMILES string of the molecule is CN(C(=O)c1cc(Cn2ccc3ccccc32)[nH]n1)C1Cc2ccccc2C1. The molecular weight excluding hydrogens is 348 g/mol. The first kappa shape index (κ1) is 16.8. The molecule has 0 fully saturated rings. The number of benzene rings is 2. The molecule has 1 amide bonds. The zero-order chi connectivity index (χ0) is 19.1. The molecule has 4 aromatic rings. The lowest BCUT2D eigenvalue weighted by Gasteiger charge is -2.23. The monoisotopic (exact) mass is 370 g/mol. The summed E-state index contributed by atoms with van der Waals surface area (Å²) < 4.78 is 2.16. The van der Waals surface area contributed by atoms with Gasteiger partial charge in [0.15, 0.2) is 0 Å². The van der Waals surface area contributed by atoms with Crippen molar-refractivity contribution in [1.82, 2.24) is 19.7 Å². The summed E-state index contributed by atoms with van der Waals surface area (Å²) in [5.74, 6) is -0.0299. The minimum atomic E-state index is -0.0299. The lowest BCUT2D eigenvalue weighted by atomic mass is 10.1. The Morgan fingerprint density at radius 3 is 2.61 bits per heavy atom. The Morgan fingerprint density at radius 1 is 1.11 bits per heavy atom. The number of fused-ring (bicyclic) bond motifs is 2. The van der Waals surface area contributed by atoms with Crippen molar-refractivity contribution in [2.75, 3.05) is 7.05 Å². The molecule has 1 aliphatic carbocycles. The van der Waals surface area contributed by atoms with Gasteiger partial charge in [-0.25, -0.2) is 0 Å². The number of nitrogens with zero attached hydrogens (tertiary/aromatic N) is 3. The van der Waals surface area contributed by atoms with Crippen molar-refractivity contribution in [1.29, 1.82) is 0 Å². The van der Waals surface area contributed by atoms with Crippen molar-refractivity contribution in [3.63, 3.8) is 0 Å². The molecule has 0 atom stereocenters. The van der Waals surface area contributed by atoms with Crippen molar-refractivity contribution in [3.05, 3.63) is 89.4 Å². The van der Waals surface area contributed by atoms with E-state index in [4.69, 9.17) is 0 Å². The molecule has 140 valence electrons. The number of nitrogens with one attached hydrogen (secondary N) is 1. The molecule has 5 nitrogen and oxygen atoms in total. The van der Waals surface area contributed by atoms with E-state index < -0.39 is 0 Å². The van der Waals surface area contributed by atoms with E-state index in [-0.39, 0.29) is 11.9 Å². The fraction of sp³-hybridized carbons (Fsp3) is 0.217. The third-order valence-corrected chi connectivity index (χ3v) is 5.77. The van der Waals surface area contributed by atoms with Crippen LogP contribution in [0.15, 0.2) is 66.9 Å². The molecule has 1 aliphatic rings. The quantitative estimate of drug-likeness (QED) is 0.596. The number of hydrogen-bond donors (Lipinski definition) is 1. The Kier molecular flexibility index (Phi) is 4.01. The van der Waals surface area contributed by atoms with E-state index in [0.717, 1.165) is 18.5 Å². The summed E-state index contributed by atoms with van der Waals surface area (Å²) in [5, 5.41) is 8.53. The van der Waals surface area contributed by atoms with Crippen LogP contribution >= 0.6 is 0 Å². The fourth-order valence-electron chi connectivity index (χ4n) is 4.17. The minimum Gasteiger partial charge on any atom is -0.341 e. The Hall–Kier alpha value is -3.34. The molecule has 1 N–H and O–H groups in total. The first-order chi connectivity index (χ1) is 13.7. The standard InChI is InChI=1S/C23H22N4O/c1-26(20-12-17-7-2-3-8-18(17)13-20)23(28)21-14-19(24-25-21)15-27-11-10-16-6-4-5-9-22(16)27/h2-11,14,20H,12-13,15H2,1H3,(H,24,25). The number of likely N-dealkylation sites (N-methyl/N-ethyl adjacent to an activating group) is 1. The summed E-state index contributed by atoms with van der Waals surface area (Å²) in [7, 11) is 1.88. The normalized spacial score (nSPS) is 13.8. The second kappa shape index (κ2) is 6.68. The highest BCUT2D eigenvalue weighted by molar-refractivity contribution is 5.92. The van der Waals surface area contributed by atoms with Gasteiger partial charge in [0, 0.05) is 24.8 Å². The number of hydrogen-bond acceptors (Lipinski definition) is 2. The van der Waals surface area contributed by atoms with Crippen molar-refractivity contribution < 1.29 is 4.79 Å². The van der Waals surface area contributed by atoms with Crippen molar-refractivity contribution in [2.45, 2.75) is 25.4 Å². The van der Waals surface area contributed by atoms with E-state index in [1.807, 2.05) is 30.1 Å². The molecule has 0 spiro atoms. The number of carbonyl (C=O) groups is 1. The van der Waals surface area contributed by atoms with Crippen LogP contribution in [0, 0.1) is 0 Å². The van der Waals surface area contributed by atoms with E-state index in [1.165, 1.54) is 22.0 Å². The molecule has 0 saturated heterocycles. The van der Waals surface area contributed by atoms with Crippen LogP contribution in [0.3, 0.4) is 0 Å². The largest absolute Gasteiger partial charge is 0.341 e. The van der Waals surface area contributed by atoms with E-state index in [1.54, 1.807) is 0 Å². The first-order valence-corrected chi connectivity index (χ1v) is 9.61. The number of aromatic amines is 1. The van der Waals surface area contributed by atoms with Gasteiger partial charge >= 0.3 is 0 Å². The molecule has 2 aromatic carbocycles. The highest BCUT2D eigenvalue weighted by Crippen LogP contribution is 2.25. The molecule has 2 heterocycles. The van der Waals surface area contributed by atoms with Crippen LogP contribution in [0.5, 0.6) is 0 Å². The number of rotatable bonds is 4. The second-order valence-corrected chi connectivity index (χ2v) is 7.53. The Labute approximate surface area is 163 Å². The van der Waals surface area contributed by atoms with Crippen LogP contribution in [0.1, 0.15) is 27.3 Å². The predicted octanol–water partition coefficient (Wildman–Crippen LogP) is 3.65. The van der Waals surface area contributed by atoms with Gasteiger partial charge in [-0.1, -0.05) is 42.5 Å². The summed E-state index contributed by atoms with van der Waals surface area (Å²) in [6.45, 7) is 0.659. The topological polar surface area (TPSA) is 53.9 Å². The number of carbonyl (C=O) groups excluding carboxylic acids is 1. The number of aromatic nitrogens is 3. The summed E-state index contributed by atoms with van der Waals surface area (Å²) in [4.78, 5) is 14.8. The van der Waals surface area contributed by atoms with Crippen LogP contribution in [0.2, 0.25) is 0 Å². The third-order valence-electron chi connectivity index (χ3n) is 5.77. The van der Waals surface area contributed by atoms with E-state index >= 15 is 0 Å². The van der Waals surface area contributed by atoms with E-state index in [2.05, 4.69) is 63.4 Å². The van der Waals surface area contributed by atoms with E-state index in [9.17, 15) is 4.79 Å². The zero-order valence-electron chi connectivity index (χ0n) is 15.8.